The molecule has 0 aliphatic heterocycles. The van der Waals surface area contributed by atoms with Gasteiger partial charge in [-0.1, -0.05) is 158 Å². The van der Waals surface area contributed by atoms with E-state index in [0.29, 0.717) is 22.4 Å². The number of pyridine rings is 1. The van der Waals surface area contributed by atoms with Crippen molar-refractivity contribution in [3.05, 3.63) is 218 Å². The van der Waals surface area contributed by atoms with E-state index in [0.717, 1.165) is 82.6 Å². The minimum Gasteiger partial charge on any atom is -0.309 e. The molecule has 64 heavy (non-hydrogen) atoms. The lowest BCUT2D eigenvalue weighted by molar-refractivity contribution is 1.06. The van der Waals surface area contributed by atoms with E-state index >= 15 is 0 Å². The number of para-hydroxylation sites is 6. The zero-order chi connectivity index (χ0) is 45.4. The van der Waals surface area contributed by atoms with E-state index in [1.807, 2.05) is 28.8 Å². The first-order valence-corrected chi connectivity index (χ1v) is 22.3. The van der Waals surface area contributed by atoms with Crippen LogP contribution in [0.25, 0.3) is 125 Å². The van der Waals surface area contributed by atoms with Crippen molar-refractivity contribution in [3.8, 4) is 39.6 Å². The molecule has 4 nitrogen and oxygen atoms in total. The molecular formula is C59H36N4S. The molecule has 0 unspecified atom stereocenters. The van der Waals surface area contributed by atoms with Gasteiger partial charge in [-0.3, -0.25) is 4.57 Å². The van der Waals surface area contributed by atoms with Crippen LogP contribution in [0.2, 0.25) is 0 Å². The van der Waals surface area contributed by atoms with Gasteiger partial charge in [0.1, 0.15) is 5.82 Å². The summed E-state index contributed by atoms with van der Waals surface area (Å²) in [5.41, 5.74) is 10.9. The first kappa shape index (κ1) is 31.6. The SMILES string of the molecule is [2H]c1c([2H])c([2H])c2c(c1[2H])c1ccccc1n2-c1cc(-n2c3ccccc3c3ccccc32)cc(-c2c(-c3cccc4c3sc3ccccc34)cccc2-n2c3ccccc3c3ccccc32)n1. The highest BCUT2D eigenvalue weighted by Crippen LogP contribution is 2.47. The largest absolute Gasteiger partial charge is 0.309 e. The molecule has 0 fully saturated rings. The van der Waals surface area contributed by atoms with Crippen LogP contribution in [0.3, 0.4) is 0 Å². The number of rotatable bonds is 5. The zero-order valence-electron chi connectivity index (χ0n) is 38.2. The van der Waals surface area contributed by atoms with Crippen LogP contribution in [0.5, 0.6) is 0 Å². The van der Waals surface area contributed by atoms with E-state index in [-0.39, 0.29) is 24.2 Å². The van der Waals surface area contributed by atoms with Crippen LogP contribution in [0.15, 0.2) is 218 Å². The van der Waals surface area contributed by atoms with Crippen molar-refractivity contribution in [3.63, 3.8) is 0 Å². The van der Waals surface area contributed by atoms with E-state index in [1.165, 1.54) is 20.2 Å². The normalized spacial score (nSPS) is 12.9. The van der Waals surface area contributed by atoms with Crippen LogP contribution in [0, 0.1) is 0 Å². The number of nitrogens with zero attached hydrogens (tertiary/aromatic N) is 4. The van der Waals surface area contributed by atoms with Gasteiger partial charge in [0.05, 0.1) is 55.7 Å². The molecule has 14 rings (SSSR count). The quantitative estimate of drug-likeness (QED) is 0.170. The van der Waals surface area contributed by atoms with Crippen LogP contribution in [-0.2, 0) is 0 Å². The Hall–Kier alpha value is -8.25. The highest BCUT2D eigenvalue weighted by atomic mass is 32.1. The van der Waals surface area contributed by atoms with Crippen LogP contribution < -0.4 is 0 Å². The van der Waals surface area contributed by atoms with Crippen LogP contribution in [0.1, 0.15) is 5.48 Å². The molecule has 5 heterocycles. The molecule has 0 radical (unpaired) electrons. The molecule has 0 atom stereocenters. The lowest BCUT2D eigenvalue weighted by Crippen LogP contribution is -2.05. The minimum absolute atomic E-state index is 0.0786. The van der Waals surface area contributed by atoms with Gasteiger partial charge >= 0.3 is 0 Å². The molecule has 0 amide bonds. The van der Waals surface area contributed by atoms with E-state index in [9.17, 15) is 2.74 Å². The van der Waals surface area contributed by atoms with Crippen LogP contribution in [-0.4, -0.2) is 18.7 Å². The molecule has 0 bridgehead atoms. The van der Waals surface area contributed by atoms with Crippen molar-refractivity contribution in [1.29, 1.82) is 0 Å². The van der Waals surface area contributed by atoms with Crippen molar-refractivity contribution in [2.24, 2.45) is 0 Å². The van der Waals surface area contributed by atoms with Gasteiger partial charge in [-0.25, -0.2) is 4.98 Å². The Bertz CT molecular complexity index is 4350. The van der Waals surface area contributed by atoms with Gasteiger partial charge in [0, 0.05) is 69.7 Å². The summed E-state index contributed by atoms with van der Waals surface area (Å²) in [5, 5.41) is 8.15. The molecule has 0 aliphatic carbocycles. The molecule has 0 saturated carbocycles. The van der Waals surface area contributed by atoms with Gasteiger partial charge < -0.3 is 9.13 Å². The summed E-state index contributed by atoms with van der Waals surface area (Å²) in [7, 11) is 0. The smallest absolute Gasteiger partial charge is 0.140 e. The summed E-state index contributed by atoms with van der Waals surface area (Å²) in [4.78, 5) is 5.77. The van der Waals surface area contributed by atoms with Crippen LogP contribution >= 0.6 is 11.3 Å². The summed E-state index contributed by atoms with van der Waals surface area (Å²) < 4.78 is 45.5. The van der Waals surface area contributed by atoms with Gasteiger partial charge in [-0.05, 0) is 60.1 Å². The summed E-state index contributed by atoms with van der Waals surface area (Å²) in [6.45, 7) is 0. The molecule has 5 aromatic heterocycles. The predicted octanol–water partition coefficient (Wildman–Crippen LogP) is 16.1. The van der Waals surface area contributed by atoms with Crippen molar-refractivity contribution in [2.45, 2.75) is 0 Å². The van der Waals surface area contributed by atoms with Gasteiger partial charge in [0.25, 0.3) is 0 Å². The third kappa shape index (κ3) is 5.01. The van der Waals surface area contributed by atoms with Gasteiger partial charge in [0.2, 0.25) is 0 Å². The zero-order valence-corrected chi connectivity index (χ0v) is 35.0. The minimum atomic E-state index is -0.291. The molecule has 0 saturated heterocycles. The number of benzene rings is 9. The monoisotopic (exact) mass is 836 g/mol. The second kappa shape index (κ2) is 13.6. The molecule has 298 valence electrons. The third-order valence-corrected chi connectivity index (χ3v) is 14.2. The Morgan fingerprint density at radius 2 is 0.891 bits per heavy atom. The van der Waals surface area contributed by atoms with Crippen molar-refractivity contribution >= 4 is 96.9 Å². The van der Waals surface area contributed by atoms with Gasteiger partial charge in [0.15, 0.2) is 0 Å². The second-order valence-corrected chi connectivity index (χ2v) is 17.4. The number of thiophene rings is 1. The fraction of sp³-hybridized carbons (Fsp3) is 0. The second-order valence-electron chi connectivity index (χ2n) is 16.4. The summed E-state index contributed by atoms with van der Waals surface area (Å²) in [6, 6.07) is 67.2. The van der Waals surface area contributed by atoms with E-state index in [1.54, 1.807) is 11.3 Å². The first-order valence-electron chi connectivity index (χ1n) is 23.5. The molecule has 14 aromatic rings. The van der Waals surface area contributed by atoms with E-state index in [4.69, 9.17) is 7.73 Å². The molecule has 0 spiro atoms. The highest BCUT2D eigenvalue weighted by Gasteiger charge is 2.24. The Morgan fingerprint density at radius 1 is 0.391 bits per heavy atom. The van der Waals surface area contributed by atoms with Crippen LogP contribution in [0.4, 0.5) is 0 Å². The summed E-state index contributed by atoms with van der Waals surface area (Å²) >= 11 is 1.80. The standard InChI is InChI=1S/C59H36N4S/c1-8-27-49-38(17-1)39-18-2-9-28-50(39)61(49)37-35-48(60-57(36-37)63-53-31-12-5-21-42(53)43-22-6-13-32-54(43)63)58-45(47-26-15-25-46-44-23-7-14-34-56(44)64-59(46)47)24-16-33-55(58)62-51-29-10-3-19-40(51)41-20-4-11-30-52(41)62/h1-36H/i5D,12D,21D,31D. The van der Waals surface area contributed by atoms with Crippen molar-refractivity contribution < 1.29 is 5.48 Å². The molecule has 9 aromatic carbocycles. The Kier molecular flexibility index (Phi) is 6.72. The number of aromatic nitrogens is 4. The molecule has 0 aliphatic rings. The average molecular weight is 837 g/mol. The highest BCUT2D eigenvalue weighted by molar-refractivity contribution is 7.26. The molecule has 0 N–H and O–H groups in total. The number of fused-ring (bicyclic) bond motifs is 12. The Balaban J connectivity index is 1.19. The lowest BCUT2D eigenvalue weighted by atomic mass is 9.94. The molecular weight excluding hydrogens is 797 g/mol. The topological polar surface area (TPSA) is 27.7 Å². The van der Waals surface area contributed by atoms with Crippen molar-refractivity contribution in [1.82, 2.24) is 18.7 Å². The Labute approximate surface area is 377 Å². The first-order chi connectivity index (χ1) is 33.4. The maximum absolute atomic E-state index is 9.48. The average Bonchev–Trinajstić information content (AvgIpc) is 4.14. The predicted molar refractivity (Wildman–Crippen MR) is 271 cm³/mol. The lowest BCUT2D eigenvalue weighted by Gasteiger charge is -2.20. The molecule has 5 heteroatoms. The van der Waals surface area contributed by atoms with Gasteiger partial charge in [-0.2, -0.15) is 0 Å². The summed E-state index contributed by atoms with van der Waals surface area (Å²) in [5.74, 6) is 0.527. The van der Waals surface area contributed by atoms with Crippen molar-refractivity contribution in [2.75, 3.05) is 0 Å². The van der Waals surface area contributed by atoms with E-state index in [2.05, 4.69) is 179 Å². The maximum atomic E-state index is 9.48. The summed E-state index contributed by atoms with van der Waals surface area (Å²) in [6.07, 6.45) is 0. The number of hydrogen-bond acceptors (Lipinski definition) is 2. The third-order valence-electron chi connectivity index (χ3n) is 13.0. The van der Waals surface area contributed by atoms with Gasteiger partial charge in [-0.15, -0.1) is 11.3 Å². The maximum Gasteiger partial charge on any atom is 0.140 e. The van der Waals surface area contributed by atoms with E-state index < -0.39 is 0 Å². The number of hydrogen-bond donors (Lipinski definition) is 0. The fourth-order valence-corrected chi connectivity index (χ4v) is 11.6. The Morgan fingerprint density at radius 3 is 1.55 bits per heavy atom. The fourth-order valence-electron chi connectivity index (χ4n) is 10.3.